The van der Waals surface area contributed by atoms with E-state index in [1.807, 2.05) is 23.8 Å². The second-order valence-corrected chi connectivity index (χ2v) is 3.69. The Hall–Kier alpha value is -2.36. The molecule has 4 nitrogen and oxygen atoms in total. The van der Waals surface area contributed by atoms with Gasteiger partial charge in [-0.15, -0.1) is 0 Å². The number of aryl methyl sites for hydroxylation is 1. The van der Waals surface area contributed by atoms with Crippen LogP contribution in [0, 0.1) is 0 Å². The van der Waals surface area contributed by atoms with E-state index in [1.165, 1.54) is 0 Å². The zero-order chi connectivity index (χ0) is 12.3. The molecule has 0 spiro atoms. The smallest absolute Gasteiger partial charge is 0.335 e. The normalized spacial score (nSPS) is 10.9. The molecule has 1 N–H and O–H groups in total. The van der Waals surface area contributed by atoms with E-state index in [0.29, 0.717) is 5.56 Å². The molecule has 86 valence electrons. The Balaban J connectivity index is 2.17. The number of carbonyl (C=O) groups is 1. The second-order valence-electron chi connectivity index (χ2n) is 3.69. The lowest BCUT2D eigenvalue weighted by Gasteiger charge is -1.97. The number of rotatable bonds is 3. The standard InChI is InChI=1S/C13H12N2O2/c1-15-9-14-8-12(15)7-4-10-2-5-11(6-3-10)13(16)17/h2-9H,1H3,(H,16,17). The van der Waals surface area contributed by atoms with E-state index < -0.39 is 5.97 Å². The first-order valence-electron chi connectivity index (χ1n) is 5.14. The number of hydrogen-bond acceptors (Lipinski definition) is 2. The van der Waals surface area contributed by atoms with Crippen molar-refractivity contribution in [2.24, 2.45) is 7.05 Å². The molecular weight excluding hydrogens is 216 g/mol. The maximum atomic E-state index is 10.7. The number of benzene rings is 1. The minimum atomic E-state index is -0.910. The predicted octanol–water partition coefficient (Wildman–Crippen LogP) is 2.29. The van der Waals surface area contributed by atoms with Crippen LogP contribution in [0.1, 0.15) is 21.6 Å². The maximum absolute atomic E-state index is 10.7. The highest BCUT2D eigenvalue weighted by Gasteiger charge is 2.00. The quantitative estimate of drug-likeness (QED) is 0.876. The number of aromatic nitrogens is 2. The summed E-state index contributed by atoms with van der Waals surface area (Å²) in [5.74, 6) is -0.910. The van der Waals surface area contributed by atoms with E-state index in [2.05, 4.69) is 4.98 Å². The molecule has 0 atom stereocenters. The van der Waals surface area contributed by atoms with Crippen molar-refractivity contribution in [3.8, 4) is 0 Å². The zero-order valence-electron chi connectivity index (χ0n) is 9.37. The van der Waals surface area contributed by atoms with Gasteiger partial charge in [0.15, 0.2) is 0 Å². The average Bonchev–Trinajstić information content (AvgIpc) is 2.73. The summed E-state index contributed by atoms with van der Waals surface area (Å²) >= 11 is 0. The van der Waals surface area contributed by atoms with Crippen LogP contribution >= 0.6 is 0 Å². The molecule has 0 unspecified atom stereocenters. The number of nitrogens with zero attached hydrogens (tertiary/aromatic N) is 2. The summed E-state index contributed by atoms with van der Waals surface area (Å²) in [6.45, 7) is 0. The molecule has 17 heavy (non-hydrogen) atoms. The van der Waals surface area contributed by atoms with Crippen molar-refractivity contribution >= 4 is 18.1 Å². The van der Waals surface area contributed by atoms with Crippen LogP contribution in [0.5, 0.6) is 0 Å². The Labute approximate surface area is 98.9 Å². The predicted molar refractivity (Wildman–Crippen MR) is 65.5 cm³/mol. The highest BCUT2D eigenvalue weighted by atomic mass is 16.4. The molecule has 0 saturated heterocycles. The fourth-order valence-corrected chi connectivity index (χ4v) is 1.45. The number of carboxylic acid groups (broad SMARTS) is 1. The van der Waals surface area contributed by atoms with Crippen molar-refractivity contribution in [1.29, 1.82) is 0 Å². The third kappa shape index (κ3) is 2.60. The Kier molecular flexibility index (Phi) is 3.05. The van der Waals surface area contributed by atoms with Crippen LogP contribution in [0.15, 0.2) is 36.8 Å². The molecule has 0 radical (unpaired) electrons. The molecule has 2 aromatic rings. The lowest BCUT2D eigenvalue weighted by atomic mass is 10.1. The van der Waals surface area contributed by atoms with Crippen LogP contribution < -0.4 is 0 Å². The van der Waals surface area contributed by atoms with Crippen molar-refractivity contribution < 1.29 is 9.90 Å². The van der Waals surface area contributed by atoms with Crippen LogP contribution in [0.2, 0.25) is 0 Å². The van der Waals surface area contributed by atoms with Gasteiger partial charge < -0.3 is 9.67 Å². The first-order chi connectivity index (χ1) is 8.16. The molecule has 0 amide bonds. The largest absolute Gasteiger partial charge is 0.478 e. The summed E-state index contributed by atoms with van der Waals surface area (Å²) in [6.07, 6.45) is 7.35. The van der Waals surface area contributed by atoms with E-state index >= 15 is 0 Å². The molecule has 0 bridgehead atoms. The summed E-state index contributed by atoms with van der Waals surface area (Å²) in [6, 6.07) is 6.73. The molecule has 4 heteroatoms. The van der Waals surface area contributed by atoms with Gasteiger partial charge in [0.1, 0.15) is 0 Å². The van der Waals surface area contributed by atoms with E-state index in [-0.39, 0.29) is 0 Å². The highest BCUT2D eigenvalue weighted by molar-refractivity contribution is 5.88. The van der Waals surface area contributed by atoms with Gasteiger partial charge in [-0.3, -0.25) is 0 Å². The Morgan fingerprint density at radius 2 is 2.00 bits per heavy atom. The molecular formula is C13H12N2O2. The van der Waals surface area contributed by atoms with Crippen LogP contribution in [-0.2, 0) is 7.05 Å². The molecule has 0 aliphatic rings. The van der Waals surface area contributed by atoms with Crippen LogP contribution in [0.3, 0.4) is 0 Å². The SMILES string of the molecule is Cn1cncc1C=Cc1ccc(C(=O)O)cc1. The zero-order valence-corrected chi connectivity index (χ0v) is 9.37. The molecule has 1 heterocycles. The third-order valence-electron chi connectivity index (χ3n) is 2.46. The summed E-state index contributed by atoms with van der Waals surface area (Å²) < 4.78 is 1.90. The van der Waals surface area contributed by atoms with Gasteiger partial charge in [0.2, 0.25) is 0 Å². The molecule has 0 aliphatic carbocycles. The molecule has 0 saturated carbocycles. The van der Waals surface area contributed by atoms with Gasteiger partial charge in [0, 0.05) is 7.05 Å². The number of imidazole rings is 1. The van der Waals surface area contributed by atoms with Gasteiger partial charge in [0.05, 0.1) is 23.8 Å². The summed E-state index contributed by atoms with van der Waals surface area (Å²) in [5, 5.41) is 8.76. The monoisotopic (exact) mass is 228 g/mol. The van der Waals surface area contributed by atoms with Gasteiger partial charge >= 0.3 is 5.97 Å². The van der Waals surface area contributed by atoms with Crippen LogP contribution in [-0.4, -0.2) is 20.6 Å². The fourth-order valence-electron chi connectivity index (χ4n) is 1.45. The Morgan fingerprint density at radius 1 is 1.29 bits per heavy atom. The summed E-state index contributed by atoms with van der Waals surface area (Å²) in [7, 11) is 1.92. The van der Waals surface area contributed by atoms with E-state index in [4.69, 9.17) is 5.11 Å². The van der Waals surface area contributed by atoms with Crippen molar-refractivity contribution in [2.75, 3.05) is 0 Å². The van der Waals surface area contributed by atoms with Crippen LogP contribution in [0.25, 0.3) is 12.2 Å². The molecule has 0 fully saturated rings. The highest BCUT2D eigenvalue weighted by Crippen LogP contribution is 2.09. The minimum Gasteiger partial charge on any atom is -0.478 e. The topological polar surface area (TPSA) is 55.1 Å². The maximum Gasteiger partial charge on any atom is 0.335 e. The van der Waals surface area contributed by atoms with Gasteiger partial charge in [-0.25, -0.2) is 9.78 Å². The van der Waals surface area contributed by atoms with Crippen molar-refractivity contribution in [2.45, 2.75) is 0 Å². The summed E-state index contributed by atoms with van der Waals surface area (Å²) in [4.78, 5) is 14.7. The van der Waals surface area contributed by atoms with Crippen molar-refractivity contribution in [3.05, 3.63) is 53.6 Å². The van der Waals surface area contributed by atoms with Crippen molar-refractivity contribution in [3.63, 3.8) is 0 Å². The fraction of sp³-hybridized carbons (Fsp3) is 0.0769. The van der Waals surface area contributed by atoms with Gasteiger partial charge in [-0.05, 0) is 23.8 Å². The molecule has 1 aromatic heterocycles. The lowest BCUT2D eigenvalue weighted by molar-refractivity contribution is 0.0697. The second kappa shape index (κ2) is 4.65. The lowest BCUT2D eigenvalue weighted by Crippen LogP contribution is -1.94. The third-order valence-corrected chi connectivity index (χ3v) is 2.46. The number of aromatic carboxylic acids is 1. The van der Waals surface area contributed by atoms with Gasteiger partial charge in [-0.2, -0.15) is 0 Å². The van der Waals surface area contributed by atoms with E-state index in [1.54, 1.807) is 36.8 Å². The van der Waals surface area contributed by atoms with Gasteiger partial charge in [-0.1, -0.05) is 18.2 Å². The molecule has 0 aliphatic heterocycles. The summed E-state index contributed by atoms with van der Waals surface area (Å²) in [5.41, 5.74) is 2.24. The number of hydrogen-bond donors (Lipinski definition) is 1. The van der Waals surface area contributed by atoms with Crippen LogP contribution in [0.4, 0.5) is 0 Å². The first kappa shape index (κ1) is 11.1. The first-order valence-corrected chi connectivity index (χ1v) is 5.14. The van der Waals surface area contributed by atoms with E-state index in [9.17, 15) is 4.79 Å². The average molecular weight is 228 g/mol. The minimum absolute atomic E-state index is 0.294. The Bertz CT molecular complexity index is 553. The van der Waals surface area contributed by atoms with Gasteiger partial charge in [0.25, 0.3) is 0 Å². The number of carboxylic acids is 1. The van der Waals surface area contributed by atoms with Crippen molar-refractivity contribution in [1.82, 2.24) is 9.55 Å². The molecule has 2 rings (SSSR count). The Morgan fingerprint density at radius 3 is 2.53 bits per heavy atom. The molecule has 1 aromatic carbocycles. The van der Waals surface area contributed by atoms with E-state index in [0.717, 1.165) is 11.3 Å².